The second-order valence-electron chi connectivity index (χ2n) is 4.23. The topological polar surface area (TPSA) is 72.9 Å². The van der Waals surface area contributed by atoms with Crippen LogP contribution in [0, 0.1) is 0 Å². The van der Waals surface area contributed by atoms with E-state index in [1.54, 1.807) is 7.11 Å². The summed E-state index contributed by atoms with van der Waals surface area (Å²) in [6.45, 7) is 1.08. The number of methoxy groups -OCH3 is 1. The van der Waals surface area contributed by atoms with Crippen LogP contribution in [0.5, 0.6) is 5.75 Å². The summed E-state index contributed by atoms with van der Waals surface area (Å²) in [5, 5.41) is 7.68. The molecule has 0 amide bonds. The molecule has 0 radical (unpaired) electrons. The van der Waals surface area contributed by atoms with E-state index in [0.29, 0.717) is 19.0 Å². The molecule has 6 nitrogen and oxygen atoms in total. The molecule has 2 heterocycles. The number of hydrogen-bond donors (Lipinski definition) is 1. The van der Waals surface area contributed by atoms with E-state index in [9.17, 15) is 0 Å². The number of H-pyrrole nitrogens is 1. The Labute approximate surface area is 115 Å². The summed E-state index contributed by atoms with van der Waals surface area (Å²) in [6.07, 6.45) is 1.46. The number of fused-ring (bicyclic) bond motifs is 1. The Bertz CT molecular complexity index is 697. The zero-order chi connectivity index (χ0) is 13.8. The molecule has 2 aromatic heterocycles. The van der Waals surface area contributed by atoms with Crippen molar-refractivity contribution in [2.75, 3.05) is 20.3 Å². The van der Waals surface area contributed by atoms with E-state index >= 15 is 0 Å². The number of pyridine rings is 1. The third-order valence-electron chi connectivity index (χ3n) is 2.88. The van der Waals surface area contributed by atoms with Gasteiger partial charge in [0, 0.05) is 18.6 Å². The molecule has 102 valence electrons. The Morgan fingerprint density at radius 2 is 2.05 bits per heavy atom. The Hall–Kier alpha value is -2.47. The van der Waals surface area contributed by atoms with Crippen molar-refractivity contribution in [1.29, 1.82) is 0 Å². The van der Waals surface area contributed by atoms with Crippen molar-refractivity contribution in [2.24, 2.45) is 0 Å². The molecule has 0 saturated carbocycles. The molecule has 0 unspecified atom stereocenters. The molecule has 0 atom stereocenters. The van der Waals surface area contributed by atoms with Crippen molar-refractivity contribution >= 4 is 10.9 Å². The first-order chi connectivity index (χ1) is 9.86. The van der Waals surface area contributed by atoms with Crippen molar-refractivity contribution < 1.29 is 9.47 Å². The van der Waals surface area contributed by atoms with Crippen LogP contribution in [-0.2, 0) is 4.74 Å². The molecule has 1 aromatic carbocycles. The average Bonchev–Trinajstić information content (AvgIpc) is 3.01. The lowest BCUT2D eigenvalue weighted by atomic mass is 10.2. The van der Waals surface area contributed by atoms with Crippen molar-refractivity contribution in [1.82, 2.24) is 20.2 Å². The first-order valence-corrected chi connectivity index (χ1v) is 6.25. The summed E-state index contributed by atoms with van der Waals surface area (Å²) in [5.74, 6) is 1.43. The molecule has 3 aromatic rings. The highest BCUT2D eigenvalue weighted by atomic mass is 16.5. The highest BCUT2D eigenvalue weighted by molar-refractivity contribution is 5.82. The predicted molar refractivity (Wildman–Crippen MR) is 74.5 cm³/mol. The minimum atomic E-state index is 0.518. The number of ether oxygens (including phenoxy) is 2. The standard InChI is InChI=1S/C14H14N4O2/c1-19-6-7-20-11-4-2-10-3-5-12(17-13(10)8-11)14-15-9-16-18-14/h2-5,8-9H,6-7H2,1H3,(H,15,16,18). The van der Waals surface area contributed by atoms with Crippen LogP contribution in [0.15, 0.2) is 36.7 Å². The van der Waals surface area contributed by atoms with Crippen LogP contribution in [0.2, 0.25) is 0 Å². The van der Waals surface area contributed by atoms with E-state index in [-0.39, 0.29) is 0 Å². The smallest absolute Gasteiger partial charge is 0.174 e. The largest absolute Gasteiger partial charge is 0.491 e. The van der Waals surface area contributed by atoms with Gasteiger partial charge >= 0.3 is 0 Å². The van der Waals surface area contributed by atoms with Crippen molar-refractivity contribution in [3.05, 3.63) is 36.7 Å². The van der Waals surface area contributed by atoms with Gasteiger partial charge in [0.2, 0.25) is 0 Å². The minimum Gasteiger partial charge on any atom is -0.491 e. The Kier molecular flexibility index (Phi) is 3.56. The van der Waals surface area contributed by atoms with E-state index in [1.165, 1.54) is 6.33 Å². The molecule has 0 saturated heterocycles. The van der Waals surface area contributed by atoms with E-state index < -0.39 is 0 Å². The molecule has 0 bridgehead atoms. The molecule has 3 rings (SSSR count). The predicted octanol–water partition coefficient (Wildman–Crippen LogP) is 2.05. The fourth-order valence-electron chi connectivity index (χ4n) is 1.89. The molecule has 0 aliphatic carbocycles. The zero-order valence-corrected chi connectivity index (χ0v) is 11.0. The van der Waals surface area contributed by atoms with Crippen LogP contribution in [0.4, 0.5) is 0 Å². The highest BCUT2D eigenvalue weighted by Crippen LogP contribution is 2.22. The maximum absolute atomic E-state index is 5.58. The van der Waals surface area contributed by atoms with Gasteiger partial charge in [-0.15, -0.1) is 0 Å². The molecule has 6 heteroatoms. The lowest BCUT2D eigenvalue weighted by molar-refractivity contribution is 0.146. The lowest BCUT2D eigenvalue weighted by Crippen LogP contribution is -2.04. The van der Waals surface area contributed by atoms with Gasteiger partial charge in [0.15, 0.2) is 5.82 Å². The van der Waals surface area contributed by atoms with Crippen molar-refractivity contribution in [2.45, 2.75) is 0 Å². The summed E-state index contributed by atoms with van der Waals surface area (Å²) in [5.41, 5.74) is 1.61. The lowest BCUT2D eigenvalue weighted by Gasteiger charge is -2.07. The van der Waals surface area contributed by atoms with Crippen LogP contribution in [-0.4, -0.2) is 40.5 Å². The maximum atomic E-state index is 5.58. The fraction of sp³-hybridized carbons (Fsp3) is 0.214. The van der Waals surface area contributed by atoms with Gasteiger partial charge < -0.3 is 9.47 Å². The molecule has 1 N–H and O–H groups in total. The first-order valence-electron chi connectivity index (χ1n) is 6.25. The van der Waals surface area contributed by atoms with Gasteiger partial charge in [-0.2, -0.15) is 5.10 Å². The number of aromatic nitrogens is 4. The SMILES string of the molecule is COCCOc1ccc2ccc(-c3ncn[nH]3)nc2c1. The number of nitrogens with one attached hydrogen (secondary N) is 1. The van der Waals surface area contributed by atoms with E-state index in [1.807, 2.05) is 30.3 Å². The minimum absolute atomic E-state index is 0.518. The molecule has 0 spiro atoms. The highest BCUT2D eigenvalue weighted by Gasteiger charge is 2.05. The van der Waals surface area contributed by atoms with Crippen molar-refractivity contribution in [3.63, 3.8) is 0 Å². The van der Waals surface area contributed by atoms with Gasteiger partial charge in [-0.05, 0) is 18.2 Å². The van der Waals surface area contributed by atoms with Gasteiger partial charge in [-0.3, -0.25) is 5.10 Å². The van der Waals surface area contributed by atoms with Crippen LogP contribution in [0.3, 0.4) is 0 Å². The van der Waals surface area contributed by atoms with Crippen molar-refractivity contribution in [3.8, 4) is 17.3 Å². The van der Waals surface area contributed by atoms with Crippen LogP contribution >= 0.6 is 0 Å². The van der Waals surface area contributed by atoms with Crippen LogP contribution in [0.25, 0.3) is 22.4 Å². The molecule has 0 aliphatic heterocycles. The number of aromatic amines is 1. The van der Waals surface area contributed by atoms with Gasteiger partial charge in [-0.25, -0.2) is 9.97 Å². The molecular formula is C14H14N4O2. The van der Waals surface area contributed by atoms with E-state index in [0.717, 1.165) is 22.3 Å². The second kappa shape index (κ2) is 5.66. The Morgan fingerprint density at radius 3 is 2.85 bits per heavy atom. The molecule has 20 heavy (non-hydrogen) atoms. The number of nitrogens with zero attached hydrogens (tertiary/aromatic N) is 3. The number of benzene rings is 1. The van der Waals surface area contributed by atoms with Gasteiger partial charge in [-0.1, -0.05) is 6.07 Å². The zero-order valence-electron chi connectivity index (χ0n) is 11.0. The van der Waals surface area contributed by atoms with Gasteiger partial charge in [0.1, 0.15) is 24.4 Å². The Balaban J connectivity index is 1.91. The third kappa shape index (κ3) is 2.60. The summed E-state index contributed by atoms with van der Waals surface area (Å²) in [6, 6.07) is 9.72. The van der Waals surface area contributed by atoms with E-state index in [4.69, 9.17) is 9.47 Å². The van der Waals surface area contributed by atoms with Crippen LogP contribution in [0.1, 0.15) is 0 Å². The summed E-state index contributed by atoms with van der Waals surface area (Å²) in [7, 11) is 1.65. The Morgan fingerprint density at radius 1 is 1.15 bits per heavy atom. The van der Waals surface area contributed by atoms with Gasteiger partial charge in [0.05, 0.1) is 12.1 Å². The maximum Gasteiger partial charge on any atom is 0.174 e. The molecule has 0 aliphatic rings. The summed E-state index contributed by atoms with van der Waals surface area (Å²) >= 11 is 0. The van der Waals surface area contributed by atoms with Crippen LogP contribution < -0.4 is 4.74 Å². The molecular weight excluding hydrogens is 256 g/mol. The number of rotatable bonds is 5. The second-order valence-corrected chi connectivity index (χ2v) is 4.23. The van der Waals surface area contributed by atoms with E-state index in [2.05, 4.69) is 20.2 Å². The quantitative estimate of drug-likeness (QED) is 0.718. The normalized spacial score (nSPS) is 10.8. The first kappa shape index (κ1) is 12.6. The fourth-order valence-corrected chi connectivity index (χ4v) is 1.89. The summed E-state index contributed by atoms with van der Waals surface area (Å²) < 4.78 is 10.5. The molecule has 0 fully saturated rings. The third-order valence-corrected chi connectivity index (χ3v) is 2.88. The monoisotopic (exact) mass is 270 g/mol. The number of hydrogen-bond acceptors (Lipinski definition) is 5. The van der Waals surface area contributed by atoms with Gasteiger partial charge in [0.25, 0.3) is 0 Å². The summed E-state index contributed by atoms with van der Waals surface area (Å²) in [4.78, 5) is 8.66. The average molecular weight is 270 g/mol.